The first kappa shape index (κ1) is 20.8. The molecule has 4 aromatic rings. The van der Waals surface area contributed by atoms with Crippen LogP contribution in [0.2, 0.25) is 5.02 Å². The van der Waals surface area contributed by atoms with Crippen LogP contribution in [-0.2, 0) is 18.3 Å². The number of thiophene rings is 1. The van der Waals surface area contributed by atoms with E-state index in [1.54, 1.807) is 11.3 Å². The van der Waals surface area contributed by atoms with Crippen molar-refractivity contribution in [3.63, 3.8) is 0 Å². The molecule has 2 aromatic carbocycles. The largest absolute Gasteiger partial charge is 0.310 e. The van der Waals surface area contributed by atoms with E-state index in [4.69, 9.17) is 16.6 Å². The van der Waals surface area contributed by atoms with Gasteiger partial charge >= 0.3 is 0 Å². The molecule has 0 aliphatic heterocycles. The van der Waals surface area contributed by atoms with Crippen LogP contribution in [-0.4, -0.2) is 9.97 Å². The normalized spacial score (nSPS) is 11.9. The molecule has 4 rings (SSSR count). The average Bonchev–Trinajstić information content (AvgIpc) is 3.08. The number of aryl methyl sites for hydroxylation is 1. The third-order valence-electron chi connectivity index (χ3n) is 5.33. The van der Waals surface area contributed by atoms with Gasteiger partial charge in [0.25, 0.3) is 5.56 Å². The number of fused-ring (bicyclic) bond motifs is 1. The number of nitrogens with zero attached hydrogens (tertiary/aromatic N) is 1. The summed E-state index contributed by atoms with van der Waals surface area (Å²) in [6.07, 6.45) is 1.43. The van der Waals surface area contributed by atoms with Crippen molar-refractivity contribution < 1.29 is 0 Å². The van der Waals surface area contributed by atoms with E-state index in [0.29, 0.717) is 22.7 Å². The molecule has 0 aliphatic rings. The van der Waals surface area contributed by atoms with Crippen molar-refractivity contribution in [3.05, 3.63) is 85.7 Å². The Kier molecular flexibility index (Phi) is 5.56. The molecule has 2 heterocycles. The van der Waals surface area contributed by atoms with Crippen molar-refractivity contribution in [3.8, 4) is 11.1 Å². The molecule has 3 nitrogen and oxygen atoms in total. The smallest absolute Gasteiger partial charge is 0.260 e. The van der Waals surface area contributed by atoms with E-state index in [-0.39, 0.29) is 11.0 Å². The Balaban J connectivity index is 1.79. The minimum Gasteiger partial charge on any atom is -0.310 e. The predicted octanol–water partition coefficient (Wildman–Crippen LogP) is 6.76. The van der Waals surface area contributed by atoms with Gasteiger partial charge in [-0.25, -0.2) is 4.98 Å². The Labute approximate surface area is 185 Å². The summed E-state index contributed by atoms with van der Waals surface area (Å²) in [4.78, 5) is 22.9. The van der Waals surface area contributed by atoms with E-state index >= 15 is 0 Å². The number of aromatic amines is 1. The van der Waals surface area contributed by atoms with E-state index in [1.807, 2.05) is 24.3 Å². The molecule has 0 spiro atoms. The molecule has 0 amide bonds. The Bertz CT molecular complexity index is 1250. The van der Waals surface area contributed by atoms with E-state index in [1.165, 1.54) is 10.4 Å². The second-order valence-corrected chi connectivity index (χ2v) is 10.1. The average molecular weight is 437 g/mol. The summed E-state index contributed by atoms with van der Waals surface area (Å²) in [5.41, 5.74) is 4.45. The number of nitrogens with one attached hydrogen (secondary N) is 1. The summed E-state index contributed by atoms with van der Waals surface area (Å²) in [7, 11) is 0. The number of hydrogen-bond donors (Lipinski definition) is 1. The van der Waals surface area contributed by atoms with Crippen molar-refractivity contribution in [2.45, 2.75) is 46.0 Å². The highest BCUT2D eigenvalue weighted by molar-refractivity contribution is 7.19. The number of aromatic nitrogens is 2. The van der Waals surface area contributed by atoms with E-state index < -0.39 is 0 Å². The Morgan fingerprint density at radius 3 is 2.30 bits per heavy atom. The first-order valence-electron chi connectivity index (χ1n) is 10.2. The zero-order valence-corrected chi connectivity index (χ0v) is 19.2. The van der Waals surface area contributed by atoms with Gasteiger partial charge < -0.3 is 4.98 Å². The van der Waals surface area contributed by atoms with Gasteiger partial charge in [-0.3, -0.25) is 4.79 Å². The number of H-pyrrole nitrogens is 1. The molecule has 5 heteroatoms. The SMILES string of the molecule is CCc1sc2nc(Cc3ccc(Cl)cc3)[nH]c(=O)c2c1-c1ccc(C(C)(C)C)cc1. The van der Waals surface area contributed by atoms with Crippen molar-refractivity contribution in [2.75, 3.05) is 0 Å². The van der Waals surface area contributed by atoms with Crippen LogP contribution in [0, 0.1) is 0 Å². The highest BCUT2D eigenvalue weighted by atomic mass is 35.5. The zero-order chi connectivity index (χ0) is 21.5. The first-order valence-corrected chi connectivity index (χ1v) is 11.4. The molecular weight excluding hydrogens is 412 g/mol. The van der Waals surface area contributed by atoms with Crippen LogP contribution in [0.15, 0.2) is 53.3 Å². The lowest BCUT2D eigenvalue weighted by Crippen LogP contribution is -2.12. The van der Waals surface area contributed by atoms with Crippen LogP contribution >= 0.6 is 22.9 Å². The second-order valence-electron chi connectivity index (χ2n) is 8.58. The van der Waals surface area contributed by atoms with Crippen LogP contribution in [0.5, 0.6) is 0 Å². The van der Waals surface area contributed by atoms with Crippen molar-refractivity contribution in [1.82, 2.24) is 9.97 Å². The summed E-state index contributed by atoms with van der Waals surface area (Å²) in [5.74, 6) is 0.674. The van der Waals surface area contributed by atoms with Gasteiger partial charge in [0.1, 0.15) is 10.7 Å². The molecule has 30 heavy (non-hydrogen) atoms. The third-order valence-corrected chi connectivity index (χ3v) is 6.81. The summed E-state index contributed by atoms with van der Waals surface area (Å²) in [6, 6.07) is 16.2. The standard InChI is InChI=1S/C25H25ClN2OS/c1-5-19-21(16-8-10-17(11-9-16)25(2,3)4)22-23(29)27-20(28-24(22)30-19)14-15-6-12-18(26)13-7-15/h6-13H,5,14H2,1-4H3,(H,27,28,29). The lowest BCUT2D eigenvalue weighted by molar-refractivity contribution is 0.590. The summed E-state index contributed by atoms with van der Waals surface area (Å²) in [5, 5.41) is 1.39. The van der Waals surface area contributed by atoms with Crippen LogP contribution in [0.25, 0.3) is 21.3 Å². The fourth-order valence-corrected chi connectivity index (χ4v) is 4.95. The molecule has 0 saturated carbocycles. The lowest BCUT2D eigenvalue weighted by atomic mass is 9.86. The van der Waals surface area contributed by atoms with Crippen LogP contribution in [0.1, 0.15) is 49.5 Å². The van der Waals surface area contributed by atoms with Gasteiger partial charge in [0.05, 0.1) is 5.39 Å². The van der Waals surface area contributed by atoms with E-state index in [2.05, 4.69) is 56.9 Å². The highest BCUT2D eigenvalue weighted by Gasteiger charge is 2.19. The van der Waals surface area contributed by atoms with E-state index in [9.17, 15) is 4.79 Å². The maximum atomic E-state index is 13.1. The number of halogens is 1. The summed E-state index contributed by atoms with van der Waals surface area (Å²) >= 11 is 7.59. The van der Waals surface area contributed by atoms with Gasteiger partial charge in [0.15, 0.2) is 0 Å². The predicted molar refractivity (Wildman–Crippen MR) is 128 cm³/mol. The van der Waals surface area contributed by atoms with Gasteiger partial charge in [-0.05, 0) is 40.7 Å². The fraction of sp³-hybridized carbons (Fsp3) is 0.280. The third kappa shape index (κ3) is 4.07. The fourth-order valence-electron chi connectivity index (χ4n) is 3.67. The van der Waals surface area contributed by atoms with Crippen molar-refractivity contribution in [1.29, 1.82) is 0 Å². The van der Waals surface area contributed by atoms with E-state index in [0.717, 1.165) is 27.9 Å². The van der Waals surface area contributed by atoms with Gasteiger partial charge in [0.2, 0.25) is 0 Å². The van der Waals surface area contributed by atoms with Gasteiger partial charge in [-0.15, -0.1) is 11.3 Å². The molecule has 2 aromatic heterocycles. The monoisotopic (exact) mass is 436 g/mol. The maximum absolute atomic E-state index is 13.1. The summed E-state index contributed by atoms with van der Waals surface area (Å²) in [6.45, 7) is 8.74. The van der Waals surface area contributed by atoms with Gasteiger partial charge in [0, 0.05) is 21.9 Å². The van der Waals surface area contributed by atoms with Crippen molar-refractivity contribution in [2.24, 2.45) is 0 Å². The molecule has 0 unspecified atom stereocenters. The van der Waals surface area contributed by atoms with Crippen LogP contribution in [0.3, 0.4) is 0 Å². The number of benzene rings is 2. The van der Waals surface area contributed by atoms with Crippen LogP contribution < -0.4 is 5.56 Å². The Morgan fingerprint density at radius 2 is 1.70 bits per heavy atom. The molecule has 1 N–H and O–H groups in total. The van der Waals surface area contributed by atoms with Crippen molar-refractivity contribution >= 4 is 33.2 Å². The quantitative estimate of drug-likeness (QED) is 0.384. The molecule has 0 bridgehead atoms. The first-order chi connectivity index (χ1) is 14.3. The lowest BCUT2D eigenvalue weighted by Gasteiger charge is -2.19. The van der Waals surface area contributed by atoms with Crippen LogP contribution in [0.4, 0.5) is 0 Å². The second kappa shape index (κ2) is 8.01. The maximum Gasteiger partial charge on any atom is 0.260 e. The molecule has 0 atom stereocenters. The molecule has 0 saturated heterocycles. The molecular formula is C25H25ClN2OS. The minimum absolute atomic E-state index is 0.0742. The Morgan fingerprint density at radius 1 is 1.03 bits per heavy atom. The van der Waals surface area contributed by atoms with Gasteiger partial charge in [-0.1, -0.05) is 75.7 Å². The number of rotatable bonds is 4. The highest BCUT2D eigenvalue weighted by Crippen LogP contribution is 2.37. The van der Waals surface area contributed by atoms with Gasteiger partial charge in [-0.2, -0.15) is 0 Å². The molecule has 0 radical (unpaired) electrons. The minimum atomic E-state index is -0.0742. The molecule has 0 aliphatic carbocycles. The summed E-state index contributed by atoms with van der Waals surface area (Å²) < 4.78 is 0. The number of hydrogen-bond acceptors (Lipinski definition) is 3. The molecule has 154 valence electrons. The molecule has 0 fully saturated rings. The topological polar surface area (TPSA) is 45.8 Å². The zero-order valence-electron chi connectivity index (χ0n) is 17.7. The Hall–Kier alpha value is -2.43.